The van der Waals surface area contributed by atoms with E-state index < -0.39 is 6.10 Å². The van der Waals surface area contributed by atoms with Gasteiger partial charge in [0.15, 0.2) is 0 Å². The smallest absolute Gasteiger partial charge is 0.254 e. The Kier molecular flexibility index (Phi) is 7.45. The van der Waals surface area contributed by atoms with E-state index in [9.17, 15) is 9.90 Å². The number of ether oxygens (including phenoxy) is 2. The molecule has 3 heterocycles. The van der Waals surface area contributed by atoms with Crippen LogP contribution in [-0.2, 0) is 24.1 Å². The second-order valence-corrected chi connectivity index (χ2v) is 9.53. The Balaban J connectivity index is 1.11. The van der Waals surface area contributed by atoms with Gasteiger partial charge < -0.3 is 19.5 Å². The quantitative estimate of drug-likeness (QED) is 0.642. The first-order chi connectivity index (χ1) is 16.7. The second kappa shape index (κ2) is 10.9. The van der Waals surface area contributed by atoms with E-state index in [0.717, 1.165) is 75.7 Å². The zero-order valence-electron chi connectivity index (χ0n) is 19.8. The van der Waals surface area contributed by atoms with E-state index in [-0.39, 0.29) is 5.91 Å². The fraction of sp³-hybridized carbons (Fsp3) is 0.519. The lowest BCUT2D eigenvalue weighted by Crippen LogP contribution is -2.46. The Morgan fingerprint density at radius 1 is 0.912 bits per heavy atom. The highest BCUT2D eigenvalue weighted by atomic mass is 16.5. The van der Waals surface area contributed by atoms with Crippen LogP contribution in [0.1, 0.15) is 27.0 Å². The van der Waals surface area contributed by atoms with Crippen LogP contribution in [0.15, 0.2) is 42.5 Å². The lowest BCUT2D eigenvalue weighted by molar-refractivity contribution is 0.0322. The fourth-order valence-corrected chi connectivity index (χ4v) is 5.21. The lowest BCUT2D eigenvalue weighted by Gasteiger charge is -2.34. The van der Waals surface area contributed by atoms with Crippen molar-refractivity contribution in [2.75, 3.05) is 65.6 Å². The molecular formula is C27H35N3O4. The van der Waals surface area contributed by atoms with Gasteiger partial charge in [-0.3, -0.25) is 14.6 Å². The zero-order chi connectivity index (χ0) is 23.3. The summed E-state index contributed by atoms with van der Waals surface area (Å²) in [5.41, 5.74) is 4.51. The van der Waals surface area contributed by atoms with Gasteiger partial charge in [-0.05, 0) is 47.7 Å². The number of hydrogen-bond donors (Lipinski definition) is 1. The number of amides is 1. The minimum absolute atomic E-state index is 0.00385. The maximum Gasteiger partial charge on any atom is 0.254 e. The third kappa shape index (κ3) is 5.61. The number of aliphatic hydroxyl groups is 1. The summed E-state index contributed by atoms with van der Waals surface area (Å²) < 4.78 is 11.3. The minimum Gasteiger partial charge on any atom is -0.492 e. The maximum atomic E-state index is 13.1. The lowest BCUT2D eigenvalue weighted by atomic mass is 9.98. The first-order valence-corrected chi connectivity index (χ1v) is 12.5. The molecule has 3 aliphatic rings. The van der Waals surface area contributed by atoms with Crippen molar-refractivity contribution in [1.29, 1.82) is 0 Å². The van der Waals surface area contributed by atoms with Crippen LogP contribution in [0.2, 0.25) is 0 Å². The van der Waals surface area contributed by atoms with Gasteiger partial charge in [-0.15, -0.1) is 0 Å². The predicted molar refractivity (Wildman–Crippen MR) is 130 cm³/mol. The molecule has 1 saturated heterocycles. The molecule has 2 aromatic rings. The molecule has 0 unspecified atom stereocenters. The monoisotopic (exact) mass is 465 g/mol. The van der Waals surface area contributed by atoms with E-state index in [4.69, 9.17) is 9.47 Å². The van der Waals surface area contributed by atoms with Gasteiger partial charge in [0.05, 0.1) is 19.3 Å². The number of carbonyl (C=O) groups excluding carboxylic acids is 1. The number of benzene rings is 2. The van der Waals surface area contributed by atoms with E-state index in [1.807, 2.05) is 18.2 Å². The highest BCUT2D eigenvalue weighted by Crippen LogP contribution is 2.25. The summed E-state index contributed by atoms with van der Waals surface area (Å²) in [5, 5.41) is 10.7. The molecular weight excluding hydrogens is 430 g/mol. The van der Waals surface area contributed by atoms with E-state index in [1.54, 1.807) is 4.90 Å². The average molecular weight is 466 g/mol. The van der Waals surface area contributed by atoms with E-state index in [0.29, 0.717) is 26.2 Å². The third-order valence-electron chi connectivity index (χ3n) is 7.14. The number of aliphatic hydroxyl groups excluding tert-OH is 1. The van der Waals surface area contributed by atoms with Gasteiger partial charge in [0, 0.05) is 57.9 Å². The largest absolute Gasteiger partial charge is 0.492 e. The van der Waals surface area contributed by atoms with Crippen molar-refractivity contribution < 1.29 is 19.4 Å². The molecule has 7 heteroatoms. The normalized spacial score (nSPS) is 20.0. The average Bonchev–Trinajstić information content (AvgIpc) is 2.86. The number of carbonyl (C=O) groups is 1. The van der Waals surface area contributed by atoms with Gasteiger partial charge >= 0.3 is 0 Å². The molecule has 3 aliphatic heterocycles. The Morgan fingerprint density at radius 2 is 1.71 bits per heavy atom. The molecule has 5 rings (SSSR count). The van der Waals surface area contributed by atoms with Crippen LogP contribution in [0.3, 0.4) is 0 Å². The van der Waals surface area contributed by atoms with Crippen molar-refractivity contribution in [2.24, 2.45) is 0 Å². The second-order valence-electron chi connectivity index (χ2n) is 9.53. The molecule has 182 valence electrons. The standard InChI is InChI=1S/C27H35N3O4/c31-24(19-29-9-7-21-3-1-2-4-23(21)18-29)20-30-10-8-22-17-25(5-6-26(22)27(30)32)34-16-13-28-11-14-33-15-12-28/h1-6,17,24,31H,7-16,18-20H2/t24-/m1/s1. The summed E-state index contributed by atoms with van der Waals surface area (Å²) in [5.74, 6) is 0.822. The summed E-state index contributed by atoms with van der Waals surface area (Å²) >= 11 is 0. The summed E-state index contributed by atoms with van der Waals surface area (Å²) in [6.45, 7) is 8.38. The third-order valence-corrected chi connectivity index (χ3v) is 7.14. The number of hydrogen-bond acceptors (Lipinski definition) is 6. The van der Waals surface area contributed by atoms with Crippen LogP contribution in [0.25, 0.3) is 0 Å². The molecule has 0 radical (unpaired) electrons. The van der Waals surface area contributed by atoms with Crippen LogP contribution < -0.4 is 4.74 Å². The Bertz CT molecular complexity index is 992. The number of rotatable bonds is 8. The molecule has 0 spiro atoms. The number of β-amino-alcohol motifs (C(OH)–C–C–N with tert-alkyl or cyclic N) is 1. The van der Waals surface area contributed by atoms with Crippen LogP contribution in [-0.4, -0.2) is 97.5 Å². The molecule has 0 aromatic heterocycles. The van der Waals surface area contributed by atoms with Gasteiger partial charge in [0.1, 0.15) is 12.4 Å². The van der Waals surface area contributed by atoms with Gasteiger partial charge in [0.2, 0.25) is 0 Å². The molecule has 0 aliphatic carbocycles. The van der Waals surface area contributed by atoms with Gasteiger partial charge in [-0.2, -0.15) is 0 Å². The first kappa shape index (κ1) is 23.3. The van der Waals surface area contributed by atoms with Crippen molar-refractivity contribution >= 4 is 5.91 Å². The Morgan fingerprint density at radius 3 is 2.56 bits per heavy atom. The highest BCUT2D eigenvalue weighted by Gasteiger charge is 2.27. The van der Waals surface area contributed by atoms with Crippen molar-refractivity contribution in [1.82, 2.24) is 14.7 Å². The molecule has 0 saturated carbocycles. The molecule has 1 amide bonds. The van der Waals surface area contributed by atoms with Crippen molar-refractivity contribution in [2.45, 2.75) is 25.5 Å². The number of fused-ring (bicyclic) bond motifs is 2. The van der Waals surface area contributed by atoms with Crippen LogP contribution in [0, 0.1) is 0 Å². The predicted octanol–water partition coefficient (Wildman–Crippen LogP) is 1.82. The van der Waals surface area contributed by atoms with Crippen LogP contribution in [0.4, 0.5) is 0 Å². The molecule has 34 heavy (non-hydrogen) atoms. The van der Waals surface area contributed by atoms with Crippen molar-refractivity contribution in [3.05, 3.63) is 64.7 Å². The summed E-state index contributed by atoms with van der Waals surface area (Å²) in [7, 11) is 0. The summed E-state index contributed by atoms with van der Waals surface area (Å²) in [6.07, 6.45) is 1.24. The van der Waals surface area contributed by atoms with Gasteiger partial charge in [-0.25, -0.2) is 0 Å². The van der Waals surface area contributed by atoms with Gasteiger partial charge in [-0.1, -0.05) is 24.3 Å². The first-order valence-electron chi connectivity index (χ1n) is 12.5. The zero-order valence-corrected chi connectivity index (χ0v) is 19.8. The molecule has 0 bridgehead atoms. The fourth-order valence-electron chi connectivity index (χ4n) is 5.21. The highest BCUT2D eigenvalue weighted by molar-refractivity contribution is 5.97. The van der Waals surface area contributed by atoms with Crippen molar-refractivity contribution in [3.8, 4) is 5.75 Å². The topological polar surface area (TPSA) is 65.5 Å². The Labute approximate surface area is 201 Å². The summed E-state index contributed by atoms with van der Waals surface area (Å²) in [6, 6.07) is 14.3. The molecule has 2 aromatic carbocycles. The van der Waals surface area contributed by atoms with E-state index >= 15 is 0 Å². The molecule has 1 atom stereocenters. The van der Waals surface area contributed by atoms with E-state index in [2.05, 4.69) is 34.1 Å². The maximum absolute atomic E-state index is 13.1. The minimum atomic E-state index is -0.557. The number of nitrogens with zero attached hydrogens (tertiary/aromatic N) is 3. The van der Waals surface area contributed by atoms with Crippen LogP contribution >= 0.6 is 0 Å². The molecule has 1 fully saturated rings. The SMILES string of the molecule is O=C1c2ccc(OCCN3CCOCC3)cc2CCN1C[C@H](O)CN1CCc2ccccc2C1. The Hall–Kier alpha value is -2.45. The molecule has 1 N–H and O–H groups in total. The number of morpholine rings is 1. The summed E-state index contributed by atoms with van der Waals surface area (Å²) in [4.78, 5) is 19.5. The van der Waals surface area contributed by atoms with Crippen molar-refractivity contribution in [3.63, 3.8) is 0 Å². The van der Waals surface area contributed by atoms with E-state index in [1.165, 1.54) is 11.1 Å². The molecule has 7 nitrogen and oxygen atoms in total. The van der Waals surface area contributed by atoms with Crippen LogP contribution in [0.5, 0.6) is 5.75 Å². The van der Waals surface area contributed by atoms with Gasteiger partial charge in [0.25, 0.3) is 5.91 Å².